The van der Waals surface area contributed by atoms with Crippen LogP contribution in [0, 0.1) is 41.4 Å². The zero-order chi connectivity index (χ0) is 35.1. The summed E-state index contributed by atoms with van der Waals surface area (Å²) in [5, 5.41) is 4.45. The van der Waals surface area contributed by atoms with Crippen LogP contribution in [0.25, 0.3) is 0 Å². The summed E-state index contributed by atoms with van der Waals surface area (Å²) in [6.07, 6.45) is 13.8. The molecule has 274 valence electrons. The molecule has 0 aromatic rings. The number of amides is 1. The fourth-order valence-electron chi connectivity index (χ4n) is 10.5. The lowest BCUT2D eigenvalue weighted by atomic mass is 9.58. The van der Waals surface area contributed by atoms with E-state index in [2.05, 4.69) is 55.5 Å². The number of hydrogen-bond donors (Lipinski definition) is 3. The summed E-state index contributed by atoms with van der Waals surface area (Å²) < 4.78 is 19.8. The number of ether oxygens (including phenoxy) is 3. The molecular formula is C39H64N4O6+2. The summed E-state index contributed by atoms with van der Waals surface area (Å²) in [5.41, 5.74) is 5.60. The fraction of sp³-hybridized carbons (Fsp3) is 0.821. The van der Waals surface area contributed by atoms with Gasteiger partial charge < -0.3 is 29.7 Å². The smallest absolute Gasteiger partial charge is 0.334 e. The van der Waals surface area contributed by atoms with Crippen LogP contribution in [-0.2, 0) is 28.6 Å². The molecular weight excluding hydrogens is 620 g/mol. The minimum atomic E-state index is -0.907. The van der Waals surface area contributed by atoms with Gasteiger partial charge in [-0.1, -0.05) is 32.1 Å². The zero-order valence-electron chi connectivity index (χ0n) is 30.9. The molecule has 1 amide bonds. The monoisotopic (exact) mass is 684 g/mol. The lowest BCUT2D eigenvalue weighted by molar-refractivity contribution is -0.706. The lowest BCUT2D eigenvalue weighted by Crippen LogP contribution is -2.96. The highest BCUT2D eigenvalue weighted by Crippen LogP contribution is 2.59. The molecule has 1 spiro atoms. The van der Waals surface area contributed by atoms with E-state index in [1.807, 2.05) is 6.92 Å². The van der Waals surface area contributed by atoms with Crippen molar-refractivity contribution in [2.45, 2.75) is 134 Å². The van der Waals surface area contributed by atoms with Crippen molar-refractivity contribution in [2.24, 2.45) is 47.2 Å². The van der Waals surface area contributed by atoms with Crippen molar-refractivity contribution >= 4 is 17.8 Å². The number of nitrogens with zero attached hydrogens (tertiary/aromatic N) is 1. The first kappa shape index (κ1) is 36.5. The molecule has 6 aliphatic rings. The van der Waals surface area contributed by atoms with Crippen molar-refractivity contribution in [1.29, 1.82) is 0 Å². The van der Waals surface area contributed by atoms with Crippen LogP contribution >= 0.6 is 0 Å². The number of nitrogens with two attached hydrogens (primary N) is 3. The molecule has 0 radical (unpaired) electrons. The van der Waals surface area contributed by atoms with Crippen LogP contribution < -0.4 is 16.4 Å². The Morgan fingerprint density at radius 3 is 2.73 bits per heavy atom. The summed E-state index contributed by atoms with van der Waals surface area (Å²) >= 11 is 0. The molecule has 0 bridgehead atoms. The van der Waals surface area contributed by atoms with Gasteiger partial charge in [0.1, 0.15) is 23.5 Å². The predicted molar refractivity (Wildman–Crippen MR) is 185 cm³/mol. The minimum absolute atomic E-state index is 0.0685. The normalized spacial score (nSPS) is 42.0. The Labute approximate surface area is 293 Å². The van der Waals surface area contributed by atoms with Gasteiger partial charge in [0.15, 0.2) is 0 Å². The Kier molecular flexibility index (Phi) is 11.0. The number of esters is 2. The van der Waals surface area contributed by atoms with Crippen LogP contribution in [0.3, 0.4) is 0 Å². The molecule has 12 unspecified atom stereocenters. The molecule has 6 N–H and O–H groups in total. The molecule has 0 aromatic carbocycles. The van der Waals surface area contributed by atoms with Gasteiger partial charge >= 0.3 is 11.9 Å². The number of carbonyl (C=O) groups excluding carboxylic acids is 3. The molecule has 10 heteroatoms. The van der Waals surface area contributed by atoms with E-state index in [0.717, 1.165) is 58.2 Å². The Hall–Kier alpha value is -2.27. The van der Waals surface area contributed by atoms with Gasteiger partial charge in [-0.3, -0.25) is 15.3 Å². The maximum atomic E-state index is 14.2. The Morgan fingerprint density at radius 2 is 2.00 bits per heavy atom. The van der Waals surface area contributed by atoms with E-state index in [-0.39, 0.29) is 59.9 Å². The number of likely N-dealkylation sites (tertiary alicyclic amines) is 1. The van der Waals surface area contributed by atoms with E-state index in [4.69, 9.17) is 19.9 Å². The molecule has 4 heterocycles. The van der Waals surface area contributed by atoms with Crippen LogP contribution in [0.1, 0.15) is 98.8 Å². The quantitative estimate of drug-likeness (QED) is 0.182. The summed E-state index contributed by atoms with van der Waals surface area (Å²) in [4.78, 5) is 42.1. The van der Waals surface area contributed by atoms with Gasteiger partial charge in [-0.2, -0.15) is 0 Å². The third kappa shape index (κ3) is 7.13. The Morgan fingerprint density at radius 1 is 1.20 bits per heavy atom. The topological polar surface area (TPSA) is 141 Å². The van der Waals surface area contributed by atoms with E-state index in [9.17, 15) is 14.4 Å². The van der Waals surface area contributed by atoms with E-state index in [1.54, 1.807) is 13.0 Å². The molecule has 10 nitrogen and oxygen atoms in total. The lowest BCUT2D eigenvalue weighted by Gasteiger charge is -2.54. The van der Waals surface area contributed by atoms with Gasteiger partial charge in [0, 0.05) is 68.0 Å². The molecule has 1 saturated carbocycles. The van der Waals surface area contributed by atoms with Crippen LogP contribution in [0.2, 0.25) is 0 Å². The van der Waals surface area contributed by atoms with Crippen LogP contribution in [0.4, 0.5) is 0 Å². The second-order valence-electron chi connectivity index (χ2n) is 17.0. The van der Waals surface area contributed by atoms with Gasteiger partial charge in [0.25, 0.3) is 0 Å². The standard InChI is InChI=1S/C39H62N4O6/c1-7-24(4)37(46)49-38(5)14-8-9-30(39(38)19-26-15-25-11-13-36(45)47-32(25)18-33(26)48-39)29-17-34(40)42-21-27(29)16-35(44)43-22-28(20-41-6)31(43)12-10-23(2)3/h7-9,23,25-34,41-42H,10-22,40H2,1-6H3/p+2. The highest BCUT2D eigenvalue weighted by molar-refractivity contribution is 5.88. The van der Waals surface area contributed by atoms with E-state index in [0.29, 0.717) is 55.1 Å². The predicted octanol–water partition coefficient (Wildman–Crippen LogP) is 2.42. The maximum Gasteiger partial charge on any atom is 0.334 e. The molecule has 4 saturated heterocycles. The molecule has 0 aromatic heterocycles. The van der Waals surface area contributed by atoms with Crippen LogP contribution in [0.5, 0.6) is 0 Å². The summed E-state index contributed by atoms with van der Waals surface area (Å²) in [6.45, 7) is 12.9. The summed E-state index contributed by atoms with van der Waals surface area (Å²) in [5.74, 6) is 1.76. The highest BCUT2D eigenvalue weighted by Gasteiger charge is 2.66. The summed E-state index contributed by atoms with van der Waals surface area (Å²) in [7, 11) is 2.12. The SMILES string of the molecule is CC=C(C)C(=O)OC1(C)CC=CC(C2CC(N)[NH2+]CC2CC(=O)N2CC(C[NH2+]C)C2CCC(C)C)C12CC1CC3CCC(=O)OC3CC1O2. The first-order chi connectivity index (χ1) is 23.4. The fourth-order valence-corrected chi connectivity index (χ4v) is 10.5. The van der Waals surface area contributed by atoms with Gasteiger partial charge in [-0.15, -0.1) is 0 Å². The second-order valence-corrected chi connectivity index (χ2v) is 17.0. The Balaban J connectivity index is 1.29. The minimum Gasteiger partial charge on any atom is -0.462 e. The van der Waals surface area contributed by atoms with Crippen molar-refractivity contribution in [1.82, 2.24) is 4.90 Å². The number of allylic oxidation sites excluding steroid dienone is 1. The zero-order valence-corrected chi connectivity index (χ0v) is 30.9. The number of quaternary nitrogens is 2. The van der Waals surface area contributed by atoms with E-state index < -0.39 is 11.2 Å². The van der Waals surface area contributed by atoms with E-state index >= 15 is 0 Å². The highest BCUT2D eigenvalue weighted by atomic mass is 16.6. The third-order valence-electron chi connectivity index (χ3n) is 13.5. The first-order valence-corrected chi connectivity index (χ1v) is 19.4. The first-order valence-electron chi connectivity index (χ1n) is 19.4. The third-order valence-corrected chi connectivity index (χ3v) is 13.5. The number of hydrogen-bond acceptors (Lipinski definition) is 7. The number of piperidine rings is 1. The van der Waals surface area contributed by atoms with Crippen molar-refractivity contribution in [3.8, 4) is 0 Å². The Bertz CT molecular complexity index is 1300. The van der Waals surface area contributed by atoms with Crippen molar-refractivity contribution in [3.05, 3.63) is 23.8 Å². The second kappa shape index (κ2) is 14.8. The number of carbonyl (C=O) groups is 3. The molecule has 4 aliphatic heterocycles. The van der Waals surface area contributed by atoms with Gasteiger partial charge in [0.05, 0.1) is 26.2 Å². The van der Waals surface area contributed by atoms with Gasteiger partial charge in [-0.05, 0) is 76.5 Å². The number of fused-ring (bicyclic) bond motifs is 2. The number of rotatable bonds is 10. The van der Waals surface area contributed by atoms with Crippen molar-refractivity contribution in [2.75, 3.05) is 26.7 Å². The molecule has 49 heavy (non-hydrogen) atoms. The molecule has 12 atom stereocenters. The van der Waals surface area contributed by atoms with Crippen molar-refractivity contribution < 1.29 is 39.2 Å². The van der Waals surface area contributed by atoms with Gasteiger partial charge in [0.2, 0.25) is 5.91 Å². The summed E-state index contributed by atoms with van der Waals surface area (Å²) in [6, 6.07) is 0.316. The van der Waals surface area contributed by atoms with Gasteiger partial charge in [-0.25, -0.2) is 4.79 Å². The maximum absolute atomic E-state index is 14.2. The van der Waals surface area contributed by atoms with Crippen LogP contribution in [0.15, 0.2) is 23.8 Å². The molecule has 6 rings (SSSR count). The van der Waals surface area contributed by atoms with Crippen molar-refractivity contribution in [3.63, 3.8) is 0 Å². The average Bonchev–Trinajstić information content (AvgIpc) is 3.42. The molecule has 5 fully saturated rings. The van der Waals surface area contributed by atoms with Crippen LogP contribution in [-0.4, -0.2) is 85.0 Å². The largest absolute Gasteiger partial charge is 0.462 e. The average molecular weight is 685 g/mol. The van der Waals surface area contributed by atoms with E-state index in [1.165, 1.54) is 0 Å². The molecule has 2 aliphatic carbocycles.